The van der Waals surface area contributed by atoms with Crippen LogP contribution >= 0.6 is 23.8 Å². The molecule has 0 saturated heterocycles. The zero-order valence-corrected chi connectivity index (χ0v) is 14.1. The molecule has 0 amide bonds. The first-order valence-corrected chi connectivity index (χ1v) is 7.91. The highest BCUT2D eigenvalue weighted by atomic mass is 35.5. The second kappa shape index (κ2) is 7.56. The molecule has 0 fully saturated rings. The fourth-order valence-electron chi connectivity index (χ4n) is 2.00. The molecular weight excluding hydrogens is 319 g/mol. The van der Waals surface area contributed by atoms with E-state index < -0.39 is 5.82 Å². The summed E-state index contributed by atoms with van der Waals surface area (Å²) >= 11 is 10.9. The zero-order valence-electron chi connectivity index (χ0n) is 12.5. The van der Waals surface area contributed by atoms with E-state index in [1.165, 1.54) is 17.7 Å². The highest BCUT2D eigenvalue weighted by molar-refractivity contribution is 7.80. The molecular formula is C17H18ClFN2S. The van der Waals surface area contributed by atoms with Crippen LogP contribution in [-0.2, 0) is 0 Å². The van der Waals surface area contributed by atoms with E-state index in [1.54, 1.807) is 6.07 Å². The smallest absolute Gasteiger partial charge is 0.175 e. The highest BCUT2D eigenvalue weighted by Gasteiger charge is 2.05. The van der Waals surface area contributed by atoms with Gasteiger partial charge in [-0.15, -0.1) is 0 Å². The lowest BCUT2D eigenvalue weighted by molar-refractivity contribution is 0.629. The number of benzene rings is 2. The van der Waals surface area contributed by atoms with Crippen molar-refractivity contribution in [3.05, 3.63) is 58.9 Å². The first-order valence-electron chi connectivity index (χ1n) is 7.12. The molecule has 0 saturated carbocycles. The van der Waals surface area contributed by atoms with Crippen molar-refractivity contribution in [3.8, 4) is 0 Å². The van der Waals surface area contributed by atoms with Gasteiger partial charge < -0.3 is 10.6 Å². The molecule has 0 spiro atoms. The van der Waals surface area contributed by atoms with Crippen LogP contribution in [0.25, 0.3) is 0 Å². The fraction of sp³-hybridized carbons (Fsp3) is 0.235. The number of halogens is 2. The number of nitrogens with one attached hydrogen (secondary N) is 2. The molecule has 0 radical (unpaired) electrons. The standard InChI is InChI=1S/C17H18ClFN2S/c1-3-11(2)12-4-6-13(7-5-12)20-17(22)21-14-8-9-15(18)16(19)10-14/h4-11H,3H2,1-2H3,(H2,20,21,22). The van der Waals surface area contributed by atoms with Crippen LogP contribution in [0, 0.1) is 5.82 Å². The van der Waals surface area contributed by atoms with Gasteiger partial charge in [-0.25, -0.2) is 4.39 Å². The predicted molar refractivity (Wildman–Crippen MR) is 96.4 cm³/mol. The summed E-state index contributed by atoms with van der Waals surface area (Å²) in [5, 5.41) is 6.49. The van der Waals surface area contributed by atoms with E-state index in [4.69, 9.17) is 23.8 Å². The summed E-state index contributed by atoms with van der Waals surface area (Å²) in [7, 11) is 0. The Morgan fingerprint density at radius 3 is 2.32 bits per heavy atom. The normalized spacial score (nSPS) is 11.8. The number of anilines is 2. The molecule has 2 N–H and O–H groups in total. The maximum absolute atomic E-state index is 13.4. The molecule has 22 heavy (non-hydrogen) atoms. The van der Waals surface area contributed by atoms with E-state index in [1.807, 2.05) is 12.1 Å². The Morgan fingerprint density at radius 2 is 1.73 bits per heavy atom. The maximum atomic E-state index is 13.4. The van der Waals surface area contributed by atoms with Gasteiger partial charge in [-0.2, -0.15) is 0 Å². The van der Waals surface area contributed by atoms with Crippen LogP contribution in [0.15, 0.2) is 42.5 Å². The van der Waals surface area contributed by atoms with E-state index in [-0.39, 0.29) is 5.02 Å². The zero-order chi connectivity index (χ0) is 16.1. The minimum Gasteiger partial charge on any atom is -0.332 e. The van der Waals surface area contributed by atoms with Gasteiger partial charge in [0.25, 0.3) is 0 Å². The largest absolute Gasteiger partial charge is 0.332 e. The summed E-state index contributed by atoms with van der Waals surface area (Å²) in [5.74, 6) is 0.0588. The van der Waals surface area contributed by atoms with Crippen LogP contribution < -0.4 is 10.6 Å². The molecule has 1 atom stereocenters. The van der Waals surface area contributed by atoms with Gasteiger partial charge in [0.2, 0.25) is 0 Å². The van der Waals surface area contributed by atoms with E-state index in [9.17, 15) is 4.39 Å². The van der Waals surface area contributed by atoms with E-state index in [0.717, 1.165) is 12.1 Å². The van der Waals surface area contributed by atoms with Crippen molar-refractivity contribution in [1.82, 2.24) is 0 Å². The van der Waals surface area contributed by atoms with Gasteiger partial charge in [-0.1, -0.05) is 37.6 Å². The molecule has 2 nitrogen and oxygen atoms in total. The summed E-state index contributed by atoms with van der Waals surface area (Å²) in [5.41, 5.74) is 2.74. The summed E-state index contributed by atoms with van der Waals surface area (Å²) in [6.45, 7) is 4.37. The van der Waals surface area contributed by atoms with Gasteiger partial charge in [0.05, 0.1) is 5.02 Å². The Bertz CT molecular complexity index is 658. The van der Waals surface area contributed by atoms with Crippen molar-refractivity contribution in [2.75, 3.05) is 10.6 Å². The molecule has 0 aliphatic carbocycles. The molecule has 2 aromatic carbocycles. The molecule has 0 aliphatic heterocycles. The second-order valence-corrected chi connectivity index (χ2v) is 5.95. The van der Waals surface area contributed by atoms with Crippen LogP contribution in [0.2, 0.25) is 5.02 Å². The third kappa shape index (κ3) is 4.42. The van der Waals surface area contributed by atoms with Crippen molar-refractivity contribution < 1.29 is 4.39 Å². The molecule has 1 unspecified atom stereocenters. The first-order chi connectivity index (χ1) is 10.5. The summed E-state index contributed by atoms with van der Waals surface area (Å²) in [4.78, 5) is 0. The number of hydrogen-bond acceptors (Lipinski definition) is 1. The third-order valence-electron chi connectivity index (χ3n) is 3.53. The van der Waals surface area contributed by atoms with Gasteiger partial charge in [-0.3, -0.25) is 0 Å². The molecule has 0 bridgehead atoms. The number of rotatable bonds is 4. The van der Waals surface area contributed by atoms with Gasteiger partial charge in [0, 0.05) is 11.4 Å². The van der Waals surface area contributed by atoms with Crippen molar-refractivity contribution >= 4 is 40.3 Å². The SMILES string of the molecule is CCC(C)c1ccc(NC(=S)Nc2ccc(Cl)c(F)c2)cc1. The van der Waals surface area contributed by atoms with Crippen molar-refractivity contribution in [2.45, 2.75) is 26.2 Å². The minimum absolute atomic E-state index is 0.0880. The lowest BCUT2D eigenvalue weighted by Crippen LogP contribution is -2.19. The predicted octanol–water partition coefficient (Wildman–Crippen LogP) is 5.80. The summed E-state index contributed by atoms with van der Waals surface area (Å²) in [6.07, 6.45) is 1.11. The first kappa shape index (κ1) is 16.7. The monoisotopic (exact) mass is 336 g/mol. The Labute approximate surface area is 140 Å². The van der Waals surface area contributed by atoms with Crippen LogP contribution in [-0.4, -0.2) is 5.11 Å². The Balaban J connectivity index is 1.98. The molecule has 0 aromatic heterocycles. The van der Waals surface area contributed by atoms with Crippen molar-refractivity contribution in [3.63, 3.8) is 0 Å². The third-order valence-corrected chi connectivity index (χ3v) is 4.04. The van der Waals surface area contributed by atoms with E-state index >= 15 is 0 Å². The van der Waals surface area contributed by atoms with Crippen LogP contribution in [0.4, 0.5) is 15.8 Å². The van der Waals surface area contributed by atoms with Crippen LogP contribution in [0.3, 0.4) is 0 Å². The molecule has 5 heteroatoms. The number of thiocarbonyl (C=S) groups is 1. The lowest BCUT2D eigenvalue weighted by atomic mass is 9.99. The Morgan fingerprint density at radius 1 is 1.14 bits per heavy atom. The van der Waals surface area contributed by atoms with E-state index in [0.29, 0.717) is 16.7 Å². The minimum atomic E-state index is -0.479. The maximum Gasteiger partial charge on any atom is 0.175 e. The molecule has 0 aliphatic rings. The van der Waals surface area contributed by atoms with Gasteiger partial charge >= 0.3 is 0 Å². The topological polar surface area (TPSA) is 24.1 Å². The van der Waals surface area contributed by atoms with Crippen LogP contribution in [0.1, 0.15) is 31.7 Å². The van der Waals surface area contributed by atoms with Gasteiger partial charge in [-0.05, 0) is 60.5 Å². The summed E-state index contributed by atoms with van der Waals surface area (Å²) in [6, 6.07) is 12.6. The van der Waals surface area contributed by atoms with Gasteiger partial charge in [0.1, 0.15) is 5.82 Å². The van der Waals surface area contributed by atoms with Crippen LogP contribution in [0.5, 0.6) is 0 Å². The average molecular weight is 337 g/mol. The fourth-order valence-corrected chi connectivity index (χ4v) is 2.35. The lowest BCUT2D eigenvalue weighted by Gasteiger charge is -2.13. The summed E-state index contributed by atoms with van der Waals surface area (Å²) < 4.78 is 13.4. The Kier molecular flexibility index (Phi) is 5.75. The van der Waals surface area contributed by atoms with Gasteiger partial charge in [0.15, 0.2) is 5.11 Å². The molecule has 2 rings (SSSR count). The molecule has 0 heterocycles. The number of hydrogen-bond donors (Lipinski definition) is 2. The average Bonchev–Trinajstić information content (AvgIpc) is 2.51. The molecule has 116 valence electrons. The van der Waals surface area contributed by atoms with Crippen molar-refractivity contribution in [1.29, 1.82) is 0 Å². The highest BCUT2D eigenvalue weighted by Crippen LogP contribution is 2.21. The quantitative estimate of drug-likeness (QED) is 0.690. The second-order valence-electron chi connectivity index (χ2n) is 5.14. The Hall–Kier alpha value is -1.65. The van der Waals surface area contributed by atoms with Crippen molar-refractivity contribution in [2.24, 2.45) is 0 Å². The molecule has 2 aromatic rings. The van der Waals surface area contributed by atoms with E-state index in [2.05, 4.69) is 36.6 Å².